The molecule has 0 saturated heterocycles. The standard InChI is InChI=1S/C9H10N2O3.H2O/c10-7-3-1-6(2-4-7)9(13)14-5-8(11)12;/h1-4H,5,10H2,(H2,11,12);1H2. The number of amides is 1. The normalized spacial score (nSPS) is 8.80. The van der Waals surface area contributed by atoms with Crippen LogP contribution in [-0.4, -0.2) is 24.0 Å². The number of benzene rings is 1. The quantitative estimate of drug-likeness (QED) is 0.496. The lowest BCUT2D eigenvalue weighted by molar-refractivity contribution is -0.121. The summed E-state index contributed by atoms with van der Waals surface area (Å²) in [4.78, 5) is 21.5. The molecule has 6 N–H and O–H groups in total. The Hall–Kier alpha value is -2.08. The second-order valence-corrected chi connectivity index (χ2v) is 2.66. The first-order chi connectivity index (χ1) is 6.59. The summed E-state index contributed by atoms with van der Waals surface area (Å²) in [6.07, 6.45) is 0. The highest BCUT2D eigenvalue weighted by atomic mass is 16.5. The van der Waals surface area contributed by atoms with Gasteiger partial charge in [0.05, 0.1) is 5.56 Å². The van der Waals surface area contributed by atoms with E-state index in [0.717, 1.165) is 0 Å². The predicted molar refractivity (Wildman–Crippen MR) is 53.9 cm³/mol. The van der Waals surface area contributed by atoms with E-state index < -0.39 is 18.5 Å². The van der Waals surface area contributed by atoms with Crippen LogP contribution in [0.15, 0.2) is 24.3 Å². The molecule has 0 aliphatic rings. The molecule has 82 valence electrons. The van der Waals surface area contributed by atoms with E-state index in [9.17, 15) is 9.59 Å². The molecular weight excluding hydrogens is 200 g/mol. The van der Waals surface area contributed by atoms with Crippen LogP contribution < -0.4 is 11.5 Å². The maximum Gasteiger partial charge on any atom is 0.338 e. The van der Waals surface area contributed by atoms with Gasteiger partial charge in [0.1, 0.15) is 0 Å². The Morgan fingerprint density at radius 3 is 2.20 bits per heavy atom. The second kappa shape index (κ2) is 5.61. The van der Waals surface area contributed by atoms with Crippen LogP contribution in [0.5, 0.6) is 0 Å². The number of nitrogens with two attached hydrogens (primary N) is 2. The van der Waals surface area contributed by atoms with Gasteiger partial charge in [-0.15, -0.1) is 0 Å². The third-order valence-corrected chi connectivity index (χ3v) is 1.49. The fourth-order valence-corrected chi connectivity index (χ4v) is 0.839. The van der Waals surface area contributed by atoms with Crippen molar-refractivity contribution >= 4 is 17.6 Å². The highest BCUT2D eigenvalue weighted by Gasteiger charge is 2.07. The molecule has 0 spiro atoms. The van der Waals surface area contributed by atoms with Gasteiger partial charge in [-0.1, -0.05) is 0 Å². The van der Waals surface area contributed by atoms with Crippen molar-refractivity contribution in [3.05, 3.63) is 29.8 Å². The zero-order chi connectivity index (χ0) is 10.6. The number of carbonyl (C=O) groups is 2. The van der Waals surface area contributed by atoms with Crippen molar-refractivity contribution in [3.63, 3.8) is 0 Å². The maximum absolute atomic E-state index is 11.2. The minimum Gasteiger partial charge on any atom is -0.452 e. The lowest BCUT2D eigenvalue weighted by atomic mass is 10.2. The average molecular weight is 212 g/mol. The van der Waals surface area contributed by atoms with Crippen LogP contribution in [-0.2, 0) is 9.53 Å². The number of esters is 1. The van der Waals surface area contributed by atoms with Gasteiger partial charge in [0.15, 0.2) is 6.61 Å². The molecule has 0 aliphatic carbocycles. The van der Waals surface area contributed by atoms with Crippen molar-refractivity contribution in [2.45, 2.75) is 0 Å². The van der Waals surface area contributed by atoms with Gasteiger partial charge in [0.25, 0.3) is 5.91 Å². The van der Waals surface area contributed by atoms with Gasteiger partial charge < -0.3 is 21.7 Å². The molecule has 0 atom stereocenters. The first-order valence-electron chi connectivity index (χ1n) is 3.90. The van der Waals surface area contributed by atoms with Crippen molar-refractivity contribution in [2.75, 3.05) is 12.3 Å². The van der Waals surface area contributed by atoms with E-state index in [4.69, 9.17) is 11.5 Å². The number of rotatable bonds is 3. The first kappa shape index (κ1) is 12.9. The van der Waals surface area contributed by atoms with E-state index in [1.807, 2.05) is 0 Å². The fourth-order valence-electron chi connectivity index (χ4n) is 0.839. The Bertz CT molecular complexity index is 348. The molecule has 1 aromatic carbocycles. The molecule has 0 heterocycles. The van der Waals surface area contributed by atoms with Gasteiger partial charge in [0, 0.05) is 5.69 Å². The summed E-state index contributed by atoms with van der Waals surface area (Å²) in [5, 5.41) is 0. The number of ether oxygens (including phenoxy) is 1. The van der Waals surface area contributed by atoms with Crippen LogP contribution >= 0.6 is 0 Å². The van der Waals surface area contributed by atoms with E-state index in [1.165, 1.54) is 12.1 Å². The lowest BCUT2D eigenvalue weighted by Crippen LogP contribution is -2.20. The van der Waals surface area contributed by atoms with E-state index >= 15 is 0 Å². The Morgan fingerprint density at radius 2 is 1.73 bits per heavy atom. The van der Waals surface area contributed by atoms with E-state index in [0.29, 0.717) is 11.3 Å². The summed E-state index contributed by atoms with van der Waals surface area (Å²) in [7, 11) is 0. The monoisotopic (exact) mass is 212 g/mol. The minimum absolute atomic E-state index is 0. The Labute approximate surface area is 86.1 Å². The molecule has 0 saturated carbocycles. The zero-order valence-corrected chi connectivity index (χ0v) is 7.90. The first-order valence-corrected chi connectivity index (χ1v) is 3.90. The minimum atomic E-state index is -0.686. The molecule has 6 heteroatoms. The molecule has 6 nitrogen and oxygen atoms in total. The number of nitrogen functional groups attached to an aromatic ring is 1. The Balaban J connectivity index is 0.00000196. The van der Waals surface area contributed by atoms with E-state index in [1.54, 1.807) is 12.1 Å². The highest BCUT2D eigenvalue weighted by Crippen LogP contribution is 2.06. The van der Waals surface area contributed by atoms with Crippen LogP contribution in [0.25, 0.3) is 0 Å². The summed E-state index contributed by atoms with van der Waals surface area (Å²) >= 11 is 0. The lowest BCUT2D eigenvalue weighted by Gasteiger charge is -2.01. The number of primary amides is 1. The van der Waals surface area contributed by atoms with E-state index in [-0.39, 0.29) is 5.48 Å². The summed E-state index contributed by atoms with van der Waals surface area (Å²) < 4.78 is 4.58. The number of anilines is 1. The summed E-state index contributed by atoms with van der Waals surface area (Å²) in [6, 6.07) is 6.17. The summed E-state index contributed by atoms with van der Waals surface area (Å²) in [5.41, 5.74) is 11.1. The zero-order valence-electron chi connectivity index (χ0n) is 7.90. The van der Waals surface area contributed by atoms with Crippen LogP contribution in [0.4, 0.5) is 5.69 Å². The fraction of sp³-hybridized carbons (Fsp3) is 0.111. The predicted octanol–water partition coefficient (Wildman–Crippen LogP) is -0.914. The van der Waals surface area contributed by atoms with Crippen LogP contribution in [0, 0.1) is 0 Å². The van der Waals surface area contributed by atoms with Crippen LogP contribution in [0.1, 0.15) is 10.4 Å². The van der Waals surface area contributed by atoms with Crippen molar-refractivity contribution in [3.8, 4) is 0 Å². The van der Waals surface area contributed by atoms with Gasteiger partial charge in [-0.25, -0.2) is 4.79 Å². The van der Waals surface area contributed by atoms with Gasteiger partial charge in [-0.05, 0) is 24.3 Å². The third kappa shape index (κ3) is 4.10. The number of carbonyl (C=O) groups excluding carboxylic acids is 2. The van der Waals surface area contributed by atoms with Crippen molar-refractivity contribution in [2.24, 2.45) is 5.73 Å². The molecule has 0 radical (unpaired) electrons. The van der Waals surface area contributed by atoms with E-state index in [2.05, 4.69) is 4.74 Å². The SMILES string of the molecule is NC(=O)COC(=O)c1ccc(N)cc1.O. The third-order valence-electron chi connectivity index (χ3n) is 1.49. The highest BCUT2D eigenvalue weighted by molar-refractivity contribution is 5.91. The molecule has 0 aromatic heterocycles. The van der Waals surface area contributed by atoms with Crippen molar-refractivity contribution in [1.82, 2.24) is 0 Å². The molecule has 1 amide bonds. The topological polar surface area (TPSA) is 127 Å². The Kier molecular flexibility index (Phi) is 4.83. The largest absolute Gasteiger partial charge is 0.452 e. The molecule has 15 heavy (non-hydrogen) atoms. The summed E-state index contributed by atoms with van der Waals surface area (Å²) in [6.45, 7) is -0.413. The second-order valence-electron chi connectivity index (χ2n) is 2.66. The molecule has 0 bridgehead atoms. The average Bonchev–Trinajstić information content (AvgIpc) is 2.15. The van der Waals surface area contributed by atoms with Crippen molar-refractivity contribution in [1.29, 1.82) is 0 Å². The number of hydrogen-bond acceptors (Lipinski definition) is 4. The Morgan fingerprint density at radius 1 is 1.20 bits per heavy atom. The van der Waals surface area contributed by atoms with Crippen molar-refractivity contribution < 1.29 is 19.8 Å². The molecular formula is C9H12N2O4. The molecule has 1 rings (SSSR count). The smallest absolute Gasteiger partial charge is 0.338 e. The van der Waals surface area contributed by atoms with Gasteiger partial charge in [-0.2, -0.15) is 0 Å². The van der Waals surface area contributed by atoms with Gasteiger partial charge in [-0.3, -0.25) is 4.79 Å². The number of hydrogen-bond donors (Lipinski definition) is 2. The molecule has 0 fully saturated rings. The van der Waals surface area contributed by atoms with Crippen LogP contribution in [0.3, 0.4) is 0 Å². The molecule has 0 unspecified atom stereocenters. The van der Waals surface area contributed by atoms with Crippen LogP contribution in [0.2, 0.25) is 0 Å². The van der Waals surface area contributed by atoms with Gasteiger partial charge >= 0.3 is 5.97 Å². The summed E-state index contributed by atoms with van der Waals surface area (Å²) in [5.74, 6) is -1.28. The maximum atomic E-state index is 11.2. The van der Waals surface area contributed by atoms with Gasteiger partial charge in [0.2, 0.25) is 0 Å². The molecule has 1 aromatic rings. The molecule has 0 aliphatic heterocycles.